The molecule has 0 bridgehead atoms. The van der Waals surface area contributed by atoms with Crippen LogP contribution in [0.25, 0.3) is 0 Å². The molecule has 2 N–H and O–H groups in total. The van der Waals surface area contributed by atoms with Crippen LogP contribution in [0.1, 0.15) is 57.1 Å². The van der Waals surface area contributed by atoms with Crippen molar-refractivity contribution in [3.05, 3.63) is 29.8 Å². The zero-order valence-corrected chi connectivity index (χ0v) is 12.1. The smallest absolute Gasteiger partial charge is 0.0321 e. The zero-order valence-electron chi connectivity index (χ0n) is 12.1. The van der Waals surface area contributed by atoms with Crippen molar-refractivity contribution in [2.45, 2.75) is 51.5 Å². The molecule has 1 unspecified atom stereocenters. The highest BCUT2D eigenvalue weighted by Crippen LogP contribution is 2.45. The van der Waals surface area contributed by atoms with Gasteiger partial charge in [0.05, 0.1) is 0 Å². The van der Waals surface area contributed by atoms with E-state index in [1.807, 2.05) is 6.07 Å². The van der Waals surface area contributed by atoms with Gasteiger partial charge < -0.3 is 5.73 Å². The fraction of sp³-hybridized carbons (Fsp3) is 0.647. The van der Waals surface area contributed by atoms with Gasteiger partial charge in [-0.05, 0) is 42.9 Å². The summed E-state index contributed by atoms with van der Waals surface area (Å²) < 4.78 is 0. The van der Waals surface area contributed by atoms with Crippen LogP contribution in [0.2, 0.25) is 0 Å². The van der Waals surface area contributed by atoms with Gasteiger partial charge in [0.2, 0.25) is 0 Å². The minimum absolute atomic E-state index is 0.511. The molecule has 1 atom stereocenters. The van der Waals surface area contributed by atoms with Gasteiger partial charge in [-0.1, -0.05) is 37.8 Å². The molecule has 104 valence electrons. The van der Waals surface area contributed by atoms with Crippen LogP contribution in [0, 0.1) is 5.41 Å². The van der Waals surface area contributed by atoms with E-state index in [4.69, 9.17) is 5.73 Å². The highest BCUT2D eigenvalue weighted by Gasteiger charge is 2.44. The van der Waals surface area contributed by atoms with Crippen molar-refractivity contribution in [3.8, 4) is 0 Å². The summed E-state index contributed by atoms with van der Waals surface area (Å²) in [4.78, 5) is 2.63. The molecule has 1 spiro atoms. The van der Waals surface area contributed by atoms with Crippen LogP contribution >= 0.6 is 0 Å². The number of hydrogen-bond donors (Lipinski definition) is 1. The highest BCUT2D eigenvalue weighted by molar-refractivity contribution is 5.41. The lowest BCUT2D eigenvalue weighted by Gasteiger charge is -2.53. The molecule has 0 aromatic heterocycles. The summed E-state index contributed by atoms with van der Waals surface area (Å²) in [7, 11) is 0. The van der Waals surface area contributed by atoms with Gasteiger partial charge in [-0.15, -0.1) is 0 Å². The van der Waals surface area contributed by atoms with Crippen molar-refractivity contribution in [3.63, 3.8) is 0 Å². The lowest BCUT2D eigenvalue weighted by atomic mass is 9.72. The molecule has 1 aliphatic heterocycles. The molecule has 2 aliphatic rings. The van der Waals surface area contributed by atoms with E-state index in [0.717, 1.165) is 5.69 Å². The molecular formula is C17H26N2. The van der Waals surface area contributed by atoms with Gasteiger partial charge in [0.15, 0.2) is 0 Å². The van der Waals surface area contributed by atoms with E-state index in [2.05, 4.69) is 30.0 Å². The maximum Gasteiger partial charge on any atom is 0.0321 e. The van der Waals surface area contributed by atoms with E-state index in [1.54, 1.807) is 0 Å². The van der Waals surface area contributed by atoms with E-state index < -0.39 is 0 Å². The Balaban J connectivity index is 1.63. The molecule has 1 aromatic carbocycles. The number of anilines is 1. The van der Waals surface area contributed by atoms with Crippen LogP contribution in [-0.4, -0.2) is 18.0 Å². The first-order valence-electron chi connectivity index (χ1n) is 7.78. The number of benzene rings is 1. The molecule has 1 saturated carbocycles. The summed E-state index contributed by atoms with van der Waals surface area (Å²) >= 11 is 0. The Morgan fingerprint density at radius 2 is 1.79 bits per heavy atom. The predicted octanol–water partition coefficient (Wildman–Crippen LogP) is 3.99. The molecule has 3 rings (SSSR count). The maximum atomic E-state index is 5.89. The van der Waals surface area contributed by atoms with Crippen LogP contribution in [0.4, 0.5) is 5.69 Å². The van der Waals surface area contributed by atoms with Crippen molar-refractivity contribution >= 4 is 5.69 Å². The van der Waals surface area contributed by atoms with Crippen molar-refractivity contribution in [2.75, 3.05) is 18.8 Å². The number of rotatable bonds is 2. The van der Waals surface area contributed by atoms with Crippen molar-refractivity contribution < 1.29 is 0 Å². The first kappa shape index (κ1) is 13.0. The normalized spacial score (nSPS) is 24.7. The number of hydrogen-bond acceptors (Lipinski definition) is 2. The van der Waals surface area contributed by atoms with E-state index in [9.17, 15) is 0 Å². The lowest BCUT2D eigenvalue weighted by Crippen LogP contribution is -2.56. The van der Waals surface area contributed by atoms with Crippen LogP contribution in [-0.2, 0) is 0 Å². The Kier molecular flexibility index (Phi) is 3.53. The molecule has 19 heavy (non-hydrogen) atoms. The van der Waals surface area contributed by atoms with Crippen LogP contribution in [0.15, 0.2) is 24.3 Å². The monoisotopic (exact) mass is 258 g/mol. The minimum Gasteiger partial charge on any atom is -0.399 e. The first-order valence-corrected chi connectivity index (χ1v) is 7.78. The zero-order chi connectivity index (χ0) is 13.3. The summed E-state index contributed by atoms with van der Waals surface area (Å²) in [6, 6.07) is 8.89. The summed E-state index contributed by atoms with van der Waals surface area (Å²) in [5.74, 6) is 0. The second-order valence-electron chi connectivity index (χ2n) is 6.67. The van der Waals surface area contributed by atoms with Crippen molar-refractivity contribution in [1.29, 1.82) is 0 Å². The molecule has 2 heteroatoms. The Bertz CT molecular complexity index is 425. The Labute approximate surface area is 117 Å². The second-order valence-corrected chi connectivity index (χ2v) is 6.67. The van der Waals surface area contributed by atoms with Gasteiger partial charge in [0.1, 0.15) is 0 Å². The molecule has 1 saturated heterocycles. The van der Waals surface area contributed by atoms with Gasteiger partial charge in [0, 0.05) is 24.8 Å². The Hall–Kier alpha value is -1.02. The molecule has 0 amide bonds. The third-order valence-corrected chi connectivity index (χ3v) is 5.18. The molecule has 2 nitrogen and oxygen atoms in total. The average molecular weight is 258 g/mol. The molecule has 1 aliphatic carbocycles. The minimum atomic E-state index is 0.511. The quantitative estimate of drug-likeness (QED) is 0.813. The Morgan fingerprint density at radius 3 is 2.42 bits per heavy atom. The summed E-state index contributed by atoms with van der Waals surface area (Å²) in [6.45, 7) is 4.91. The fourth-order valence-electron chi connectivity index (χ4n) is 3.91. The standard InChI is InChI=1S/C17H26N2/c1-14(15-7-6-8-16(18)11-15)19-12-17(13-19)9-4-2-3-5-10-17/h6-8,11,14H,2-5,9-10,12-13,18H2,1H3. The summed E-state index contributed by atoms with van der Waals surface area (Å²) in [5, 5.41) is 0. The fourth-order valence-corrected chi connectivity index (χ4v) is 3.91. The van der Waals surface area contributed by atoms with Crippen LogP contribution in [0.3, 0.4) is 0 Å². The number of nitrogens with zero attached hydrogens (tertiary/aromatic N) is 1. The SMILES string of the molecule is CC(c1cccc(N)c1)N1CC2(CCCCCC2)C1. The molecule has 2 fully saturated rings. The van der Waals surface area contributed by atoms with E-state index in [-0.39, 0.29) is 0 Å². The Morgan fingerprint density at radius 1 is 1.11 bits per heavy atom. The lowest BCUT2D eigenvalue weighted by molar-refractivity contribution is -0.0380. The number of nitrogen functional groups attached to an aromatic ring is 1. The molecule has 1 heterocycles. The maximum absolute atomic E-state index is 5.89. The molecule has 1 aromatic rings. The molecular weight excluding hydrogens is 232 g/mol. The van der Waals surface area contributed by atoms with Gasteiger partial charge in [-0.25, -0.2) is 0 Å². The van der Waals surface area contributed by atoms with Gasteiger partial charge in [-0.3, -0.25) is 4.90 Å². The van der Waals surface area contributed by atoms with E-state index in [0.29, 0.717) is 11.5 Å². The summed E-state index contributed by atoms with van der Waals surface area (Å²) in [6.07, 6.45) is 8.69. The third kappa shape index (κ3) is 2.64. The largest absolute Gasteiger partial charge is 0.399 e. The topological polar surface area (TPSA) is 29.3 Å². The van der Waals surface area contributed by atoms with Crippen molar-refractivity contribution in [1.82, 2.24) is 4.90 Å². The van der Waals surface area contributed by atoms with Crippen LogP contribution < -0.4 is 5.73 Å². The number of nitrogens with two attached hydrogens (primary N) is 1. The van der Waals surface area contributed by atoms with Crippen molar-refractivity contribution in [2.24, 2.45) is 5.41 Å². The van der Waals surface area contributed by atoms with Gasteiger partial charge in [0.25, 0.3) is 0 Å². The van der Waals surface area contributed by atoms with E-state index in [1.165, 1.54) is 57.2 Å². The molecule has 0 radical (unpaired) electrons. The third-order valence-electron chi connectivity index (χ3n) is 5.18. The number of likely N-dealkylation sites (tertiary alicyclic amines) is 1. The predicted molar refractivity (Wildman–Crippen MR) is 81.0 cm³/mol. The summed E-state index contributed by atoms with van der Waals surface area (Å²) in [5.41, 5.74) is 8.80. The van der Waals surface area contributed by atoms with Crippen LogP contribution in [0.5, 0.6) is 0 Å². The average Bonchev–Trinajstić information content (AvgIpc) is 2.62. The van der Waals surface area contributed by atoms with E-state index >= 15 is 0 Å². The second kappa shape index (κ2) is 5.16. The van der Waals surface area contributed by atoms with Gasteiger partial charge >= 0.3 is 0 Å². The highest BCUT2D eigenvalue weighted by atomic mass is 15.2. The van der Waals surface area contributed by atoms with Gasteiger partial charge in [-0.2, -0.15) is 0 Å². The first-order chi connectivity index (χ1) is 9.19.